The van der Waals surface area contributed by atoms with E-state index >= 15 is 4.39 Å². The van der Waals surface area contributed by atoms with Crippen molar-refractivity contribution in [2.45, 2.75) is 0 Å². The summed E-state index contributed by atoms with van der Waals surface area (Å²) in [4.78, 5) is 5.77. The van der Waals surface area contributed by atoms with Crippen molar-refractivity contribution in [1.29, 1.82) is 0 Å². The van der Waals surface area contributed by atoms with Gasteiger partial charge in [-0.15, -0.1) is 11.3 Å². The summed E-state index contributed by atoms with van der Waals surface area (Å²) in [6.45, 7) is 0. The molecule has 0 bridgehead atoms. The van der Waals surface area contributed by atoms with Gasteiger partial charge in [-0.2, -0.15) is 0 Å². The molecule has 1 N–H and O–H groups in total. The summed E-state index contributed by atoms with van der Waals surface area (Å²) in [5.41, 5.74) is 7.71. The van der Waals surface area contributed by atoms with E-state index < -0.39 is 0 Å². The Hall–Kier alpha value is -5.98. The second kappa shape index (κ2) is 10.3. The number of hydrogen-bond donors (Lipinski definition) is 1. The van der Waals surface area contributed by atoms with Crippen molar-refractivity contribution in [3.8, 4) is 11.1 Å². The number of nitrogens with zero attached hydrogens (tertiary/aromatic N) is 1. The van der Waals surface area contributed by atoms with Gasteiger partial charge in [0.15, 0.2) is 0 Å². The summed E-state index contributed by atoms with van der Waals surface area (Å²) < 4.78 is 38.6. The Balaban J connectivity index is 1.35. The lowest BCUT2D eigenvalue weighted by atomic mass is 10.0. The molecule has 0 fully saturated rings. The maximum Gasteiger partial charge on any atom is 0.147 e. The molecule has 0 aliphatic heterocycles. The van der Waals surface area contributed by atoms with Gasteiger partial charge >= 0.3 is 0 Å². The van der Waals surface area contributed by atoms with Gasteiger partial charge in [0.05, 0.1) is 27.7 Å². The Kier molecular flexibility index (Phi) is 5.81. The van der Waals surface area contributed by atoms with Crippen LogP contribution in [0.5, 0.6) is 0 Å². The van der Waals surface area contributed by atoms with Crippen LogP contribution in [-0.2, 0) is 0 Å². The van der Waals surface area contributed by atoms with E-state index in [1.807, 2.05) is 18.2 Å². The summed E-state index contributed by atoms with van der Waals surface area (Å²) in [5, 5.41) is 5.19. The zero-order chi connectivity index (χ0) is 31.9. The van der Waals surface area contributed by atoms with Crippen LogP contribution in [0, 0.1) is 11.6 Å². The number of hydrogen-bond acceptors (Lipinski definition) is 3. The van der Waals surface area contributed by atoms with Crippen LogP contribution in [0.1, 0.15) is 0 Å². The first-order valence-corrected chi connectivity index (χ1v) is 16.5. The van der Waals surface area contributed by atoms with Crippen LogP contribution in [-0.4, -0.2) is 4.98 Å². The average Bonchev–Trinajstić information content (AvgIpc) is 3.80. The largest absolute Gasteiger partial charge is 0.455 e. The monoisotopic (exact) mass is 642 g/mol. The van der Waals surface area contributed by atoms with E-state index in [1.165, 1.54) is 39.1 Å². The normalized spacial score (nSPS) is 12.0. The smallest absolute Gasteiger partial charge is 0.147 e. The number of furan rings is 1. The molecule has 48 heavy (non-hydrogen) atoms. The predicted molar refractivity (Wildman–Crippen MR) is 196 cm³/mol. The number of thiophene rings is 1. The van der Waals surface area contributed by atoms with E-state index in [0.717, 1.165) is 55.4 Å². The fourth-order valence-corrected chi connectivity index (χ4v) is 8.33. The molecule has 228 valence electrons. The van der Waals surface area contributed by atoms with Crippen molar-refractivity contribution < 1.29 is 13.2 Å². The Labute approximate surface area is 276 Å². The van der Waals surface area contributed by atoms with Crippen LogP contribution in [0.4, 0.5) is 25.8 Å². The molecule has 7 aromatic carbocycles. The van der Waals surface area contributed by atoms with Crippen LogP contribution >= 0.6 is 11.3 Å². The van der Waals surface area contributed by atoms with Crippen molar-refractivity contribution >= 4 is 92.3 Å². The molecular formula is C42H24F2N2OS. The van der Waals surface area contributed by atoms with Gasteiger partial charge in [0.2, 0.25) is 0 Å². The van der Waals surface area contributed by atoms with Gasteiger partial charge < -0.3 is 14.3 Å². The maximum absolute atomic E-state index is 15.0. The first kappa shape index (κ1) is 27.2. The fraction of sp³-hybridized carbons (Fsp3) is 0. The van der Waals surface area contributed by atoms with Crippen molar-refractivity contribution in [3.05, 3.63) is 151 Å². The number of nitrogens with one attached hydrogen (secondary N) is 1. The zero-order valence-corrected chi connectivity index (χ0v) is 26.1. The summed E-state index contributed by atoms with van der Waals surface area (Å²) in [6, 6.07) is 45.1. The molecule has 3 nitrogen and oxygen atoms in total. The number of aromatic nitrogens is 1. The second-order valence-electron chi connectivity index (χ2n) is 12.1. The number of anilines is 3. The van der Waals surface area contributed by atoms with Gasteiger partial charge in [0, 0.05) is 42.1 Å². The molecule has 0 amide bonds. The molecule has 0 aliphatic rings. The predicted octanol–water partition coefficient (Wildman–Crippen LogP) is 13.0. The van der Waals surface area contributed by atoms with Crippen LogP contribution in [0.15, 0.2) is 144 Å². The lowest BCUT2D eigenvalue weighted by molar-refractivity contribution is 0.626. The van der Waals surface area contributed by atoms with Crippen LogP contribution in [0.25, 0.3) is 75.0 Å². The lowest BCUT2D eigenvalue weighted by Gasteiger charge is -2.27. The molecule has 0 radical (unpaired) electrons. The van der Waals surface area contributed by atoms with E-state index in [0.29, 0.717) is 21.9 Å². The molecular weight excluding hydrogens is 619 g/mol. The SMILES string of the molecule is Fc1ccc2oc3c(c(N(c4ccc(-c5ccccc5)cc4)c4cccc5sc6ccccc6c45)cc4[nH]c5ccc(F)cc5c43)c2c1. The lowest BCUT2D eigenvalue weighted by Crippen LogP contribution is -2.11. The van der Waals surface area contributed by atoms with E-state index in [2.05, 4.69) is 94.8 Å². The third-order valence-corrected chi connectivity index (χ3v) is 10.4. The molecule has 0 atom stereocenters. The highest BCUT2D eigenvalue weighted by molar-refractivity contribution is 7.26. The maximum atomic E-state index is 15.0. The molecule has 6 heteroatoms. The molecule has 3 aromatic heterocycles. The van der Waals surface area contributed by atoms with Gasteiger partial charge in [-0.3, -0.25) is 0 Å². The van der Waals surface area contributed by atoms with Crippen LogP contribution in [0.2, 0.25) is 0 Å². The van der Waals surface area contributed by atoms with Gasteiger partial charge in [-0.25, -0.2) is 8.78 Å². The molecule has 0 unspecified atom stereocenters. The summed E-state index contributed by atoms with van der Waals surface area (Å²) >= 11 is 1.76. The van der Waals surface area contributed by atoms with Crippen molar-refractivity contribution in [3.63, 3.8) is 0 Å². The molecule has 10 aromatic rings. The van der Waals surface area contributed by atoms with Gasteiger partial charge in [-0.05, 0) is 83.9 Å². The quantitative estimate of drug-likeness (QED) is 0.207. The van der Waals surface area contributed by atoms with E-state index in [1.54, 1.807) is 23.5 Å². The standard InChI is InChI=1S/C42H24F2N2OS/c43-26-15-19-32-30(21-26)39-33(45-32)23-35(41-31-22-27(44)16-20-36(31)47-42(39)41)46(28-17-13-25(14-18-28)24-7-2-1-3-8-24)34-10-6-12-38-40(34)29-9-4-5-11-37(29)48-38/h1-23,45H. The minimum Gasteiger partial charge on any atom is -0.455 e. The molecule has 3 heterocycles. The summed E-state index contributed by atoms with van der Waals surface area (Å²) in [5.74, 6) is -0.690. The number of aromatic amines is 1. The second-order valence-corrected chi connectivity index (χ2v) is 13.2. The Morgan fingerprint density at radius 3 is 2.10 bits per heavy atom. The third-order valence-electron chi connectivity index (χ3n) is 9.30. The first-order chi connectivity index (χ1) is 23.6. The van der Waals surface area contributed by atoms with E-state index in [9.17, 15) is 4.39 Å². The number of benzene rings is 7. The molecule has 0 saturated heterocycles. The summed E-state index contributed by atoms with van der Waals surface area (Å²) in [6.07, 6.45) is 0. The molecule has 0 saturated carbocycles. The van der Waals surface area contributed by atoms with E-state index in [-0.39, 0.29) is 11.6 Å². The molecule has 0 aliphatic carbocycles. The fourth-order valence-electron chi connectivity index (χ4n) is 7.21. The van der Waals surface area contributed by atoms with Crippen molar-refractivity contribution in [1.82, 2.24) is 4.98 Å². The Morgan fingerprint density at radius 1 is 0.521 bits per heavy atom. The number of H-pyrrole nitrogens is 1. The topological polar surface area (TPSA) is 32.2 Å². The Bertz CT molecular complexity index is 2870. The molecule has 0 spiro atoms. The number of fused-ring (bicyclic) bond motifs is 10. The van der Waals surface area contributed by atoms with Crippen molar-refractivity contribution in [2.24, 2.45) is 0 Å². The summed E-state index contributed by atoms with van der Waals surface area (Å²) in [7, 11) is 0. The highest BCUT2D eigenvalue weighted by Gasteiger charge is 2.26. The van der Waals surface area contributed by atoms with Crippen LogP contribution < -0.4 is 4.90 Å². The number of rotatable bonds is 4. The van der Waals surface area contributed by atoms with Gasteiger partial charge in [0.1, 0.15) is 22.8 Å². The zero-order valence-electron chi connectivity index (χ0n) is 25.3. The number of halogens is 2. The van der Waals surface area contributed by atoms with Crippen molar-refractivity contribution in [2.75, 3.05) is 4.90 Å². The third kappa shape index (κ3) is 4.03. The molecule has 10 rings (SSSR count). The van der Waals surface area contributed by atoms with E-state index in [4.69, 9.17) is 4.42 Å². The highest BCUT2D eigenvalue weighted by Crippen LogP contribution is 2.50. The highest BCUT2D eigenvalue weighted by atomic mass is 32.1. The first-order valence-electron chi connectivity index (χ1n) is 15.7. The average molecular weight is 643 g/mol. The van der Waals surface area contributed by atoms with Gasteiger partial charge in [-0.1, -0.05) is 66.7 Å². The minimum atomic E-state index is -0.356. The van der Waals surface area contributed by atoms with Crippen LogP contribution in [0.3, 0.4) is 0 Å². The minimum absolute atomic E-state index is 0.334. The Morgan fingerprint density at radius 2 is 1.25 bits per heavy atom. The van der Waals surface area contributed by atoms with Gasteiger partial charge in [0.25, 0.3) is 0 Å².